The predicted molar refractivity (Wildman–Crippen MR) is 88.5 cm³/mol. The van der Waals surface area contributed by atoms with E-state index in [0.717, 1.165) is 43.2 Å². The molecule has 1 saturated carbocycles. The van der Waals surface area contributed by atoms with Gasteiger partial charge in [-0.2, -0.15) is 0 Å². The van der Waals surface area contributed by atoms with Crippen molar-refractivity contribution in [2.75, 3.05) is 18.4 Å². The number of likely N-dealkylation sites (tertiary alicyclic amines) is 1. The SMILES string of the molecule is O=C1CCc2cc(C(=O)NC3CCN(C4CC4)CC3)ccc2N1. The lowest BCUT2D eigenvalue weighted by atomic mass is 9.99. The zero-order valence-corrected chi connectivity index (χ0v) is 13.3. The van der Waals surface area contributed by atoms with Crippen molar-refractivity contribution in [2.24, 2.45) is 0 Å². The molecule has 1 aliphatic carbocycles. The number of benzene rings is 1. The molecular formula is C18H23N3O2. The molecule has 5 nitrogen and oxygen atoms in total. The average molecular weight is 313 g/mol. The number of hydrogen-bond acceptors (Lipinski definition) is 3. The van der Waals surface area contributed by atoms with Crippen LogP contribution in [0.15, 0.2) is 18.2 Å². The van der Waals surface area contributed by atoms with Gasteiger partial charge in [-0.05, 0) is 55.9 Å². The number of aryl methyl sites for hydroxylation is 1. The van der Waals surface area contributed by atoms with Gasteiger partial charge in [-0.15, -0.1) is 0 Å². The molecule has 0 atom stereocenters. The van der Waals surface area contributed by atoms with Gasteiger partial charge in [-0.25, -0.2) is 0 Å². The third-order valence-corrected chi connectivity index (χ3v) is 5.19. The van der Waals surface area contributed by atoms with Gasteiger partial charge in [0.1, 0.15) is 0 Å². The lowest BCUT2D eigenvalue weighted by molar-refractivity contribution is -0.116. The van der Waals surface area contributed by atoms with Crippen LogP contribution >= 0.6 is 0 Å². The molecule has 4 rings (SSSR count). The number of nitrogens with zero attached hydrogens (tertiary/aromatic N) is 1. The van der Waals surface area contributed by atoms with E-state index in [0.29, 0.717) is 18.4 Å². The molecule has 0 aromatic heterocycles. The minimum absolute atomic E-state index is 0.00886. The van der Waals surface area contributed by atoms with Crippen LogP contribution in [0.5, 0.6) is 0 Å². The van der Waals surface area contributed by atoms with Gasteiger partial charge >= 0.3 is 0 Å². The minimum atomic E-state index is 0.00886. The first kappa shape index (κ1) is 14.7. The van der Waals surface area contributed by atoms with Crippen LogP contribution in [-0.4, -0.2) is 41.9 Å². The van der Waals surface area contributed by atoms with Crippen LogP contribution in [0.25, 0.3) is 0 Å². The summed E-state index contributed by atoms with van der Waals surface area (Å²) in [6, 6.07) is 6.68. The number of fused-ring (bicyclic) bond motifs is 1. The Labute approximate surface area is 136 Å². The fourth-order valence-corrected chi connectivity index (χ4v) is 3.64. The van der Waals surface area contributed by atoms with Crippen molar-refractivity contribution < 1.29 is 9.59 Å². The standard InChI is InChI=1S/C18H23N3O2/c22-17-6-2-12-11-13(1-5-16(12)20-17)18(23)19-14-7-9-21(10-8-14)15-3-4-15/h1,5,11,14-15H,2-4,6-10H2,(H,19,23)(H,20,22). The van der Waals surface area contributed by atoms with Crippen molar-refractivity contribution in [2.45, 2.75) is 50.6 Å². The topological polar surface area (TPSA) is 61.4 Å². The van der Waals surface area contributed by atoms with Crippen LogP contribution in [0.2, 0.25) is 0 Å². The highest BCUT2D eigenvalue weighted by Gasteiger charge is 2.32. The van der Waals surface area contributed by atoms with Gasteiger partial charge < -0.3 is 15.5 Å². The van der Waals surface area contributed by atoms with Crippen LogP contribution < -0.4 is 10.6 Å². The van der Waals surface area contributed by atoms with Crippen molar-refractivity contribution in [1.29, 1.82) is 0 Å². The van der Waals surface area contributed by atoms with Crippen molar-refractivity contribution in [3.63, 3.8) is 0 Å². The third-order valence-electron chi connectivity index (χ3n) is 5.19. The summed E-state index contributed by atoms with van der Waals surface area (Å²) in [6.45, 7) is 2.21. The van der Waals surface area contributed by atoms with Gasteiger partial charge in [0.05, 0.1) is 0 Å². The summed E-state index contributed by atoms with van der Waals surface area (Å²) >= 11 is 0. The summed E-state index contributed by atoms with van der Waals surface area (Å²) in [4.78, 5) is 26.4. The molecule has 2 heterocycles. The summed E-state index contributed by atoms with van der Waals surface area (Å²) in [7, 11) is 0. The molecule has 2 fully saturated rings. The number of nitrogens with one attached hydrogen (secondary N) is 2. The van der Waals surface area contributed by atoms with E-state index in [9.17, 15) is 9.59 Å². The van der Waals surface area contributed by atoms with Crippen molar-refractivity contribution in [3.05, 3.63) is 29.3 Å². The average Bonchev–Trinajstić information content (AvgIpc) is 3.40. The van der Waals surface area contributed by atoms with Crippen molar-refractivity contribution in [1.82, 2.24) is 10.2 Å². The Hall–Kier alpha value is -1.88. The highest BCUT2D eigenvalue weighted by atomic mass is 16.2. The quantitative estimate of drug-likeness (QED) is 0.896. The number of carbonyl (C=O) groups is 2. The van der Waals surface area contributed by atoms with Crippen molar-refractivity contribution >= 4 is 17.5 Å². The Balaban J connectivity index is 1.36. The van der Waals surface area contributed by atoms with Crippen LogP contribution in [0.3, 0.4) is 0 Å². The van der Waals surface area contributed by atoms with Gasteiger partial charge in [0.2, 0.25) is 5.91 Å². The van der Waals surface area contributed by atoms with Crippen LogP contribution in [0.1, 0.15) is 48.0 Å². The molecular weight excluding hydrogens is 290 g/mol. The van der Waals surface area contributed by atoms with E-state index in [2.05, 4.69) is 15.5 Å². The fraction of sp³-hybridized carbons (Fsp3) is 0.556. The Morgan fingerprint density at radius 3 is 2.65 bits per heavy atom. The predicted octanol–water partition coefficient (Wildman–Crippen LogP) is 1.93. The van der Waals surface area contributed by atoms with E-state index in [4.69, 9.17) is 0 Å². The molecule has 0 unspecified atom stereocenters. The highest BCUT2D eigenvalue weighted by molar-refractivity contribution is 5.98. The van der Waals surface area contributed by atoms with E-state index >= 15 is 0 Å². The monoisotopic (exact) mass is 313 g/mol. The first-order valence-electron chi connectivity index (χ1n) is 8.67. The lowest BCUT2D eigenvalue weighted by Gasteiger charge is -2.32. The second-order valence-corrected chi connectivity index (χ2v) is 6.93. The zero-order valence-electron chi connectivity index (χ0n) is 13.3. The highest BCUT2D eigenvalue weighted by Crippen LogP contribution is 2.29. The maximum absolute atomic E-state index is 12.5. The molecule has 0 radical (unpaired) electrons. The number of rotatable bonds is 3. The van der Waals surface area contributed by atoms with Crippen LogP contribution in [0.4, 0.5) is 5.69 Å². The van der Waals surface area contributed by atoms with Crippen LogP contribution in [-0.2, 0) is 11.2 Å². The summed E-state index contributed by atoms with van der Waals surface area (Å²) in [5.41, 5.74) is 2.60. The Bertz CT molecular complexity index is 631. The minimum Gasteiger partial charge on any atom is -0.349 e. The second-order valence-electron chi connectivity index (χ2n) is 6.93. The molecule has 0 bridgehead atoms. The first-order chi connectivity index (χ1) is 11.2. The molecule has 1 aromatic rings. The molecule has 0 spiro atoms. The van der Waals surface area contributed by atoms with E-state index in [1.54, 1.807) is 6.07 Å². The van der Waals surface area contributed by atoms with Crippen molar-refractivity contribution in [3.8, 4) is 0 Å². The third kappa shape index (κ3) is 3.24. The van der Waals surface area contributed by atoms with E-state index in [1.165, 1.54) is 12.8 Å². The second kappa shape index (κ2) is 5.96. The molecule has 1 saturated heterocycles. The van der Waals surface area contributed by atoms with E-state index < -0.39 is 0 Å². The molecule has 3 aliphatic rings. The molecule has 2 N–H and O–H groups in total. The Morgan fingerprint density at radius 2 is 1.91 bits per heavy atom. The maximum Gasteiger partial charge on any atom is 0.251 e. The summed E-state index contributed by atoms with van der Waals surface area (Å²) in [5.74, 6) is 0.0618. The van der Waals surface area contributed by atoms with Gasteiger partial charge in [0, 0.05) is 42.8 Å². The van der Waals surface area contributed by atoms with Gasteiger partial charge in [0.15, 0.2) is 0 Å². The lowest BCUT2D eigenvalue weighted by Crippen LogP contribution is -2.45. The molecule has 122 valence electrons. The van der Waals surface area contributed by atoms with Crippen LogP contribution in [0, 0.1) is 0 Å². The molecule has 2 aliphatic heterocycles. The summed E-state index contributed by atoms with van der Waals surface area (Å²) in [6.07, 6.45) is 6.00. The number of anilines is 1. The van der Waals surface area contributed by atoms with Gasteiger partial charge in [-0.3, -0.25) is 9.59 Å². The largest absolute Gasteiger partial charge is 0.349 e. The first-order valence-corrected chi connectivity index (χ1v) is 8.67. The fourth-order valence-electron chi connectivity index (χ4n) is 3.64. The number of carbonyl (C=O) groups excluding carboxylic acids is 2. The smallest absolute Gasteiger partial charge is 0.251 e. The van der Waals surface area contributed by atoms with E-state index in [-0.39, 0.29) is 17.9 Å². The number of amides is 2. The molecule has 2 amide bonds. The summed E-state index contributed by atoms with van der Waals surface area (Å²) in [5, 5.41) is 6.03. The number of piperidine rings is 1. The summed E-state index contributed by atoms with van der Waals surface area (Å²) < 4.78 is 0. The Kier molecular flexibility index (Phi) is 3.81. The Morgan fingerprint density at radius 1 is 1.13 bits per heavy atom. The molecule has 5 heteroatoms. The number of hydrogen-bond donors (Lipinski definition) is 2. The zero-order chi connectivity index (χ0) is 15.8. The molecule has 1 aromatic carbocycles. The normalized spacial score (nSPS) is 22.3. The van der Waals surface area contributed by atoms with E-state index in [1.807, 2.05) is 12.1 Å². The maximum atomic E-state index is 12.5. The van der Waals surface area contributed by atoms with Gasteiger partial charge in [-0.1, -0.05) is 0 Å². The van der Waals surface area contributed by atoms with Gasteiger partial charge in [0.25, 0.3) is 5.91 Å². The molecule has 23 heavy (non-hydrogen) atoms.